The molecule has 1 fully saturated rings. The first-order chi connectivity index (χ1) is 15.2. The van der Waals surface area contributed by atoms with Crippen molar-refractivity contribution in [3.8, 4) is 5.75 Å². The summed E-state index contributed by atoms with van der Waals surface area (Å²) < 4.78 is 34.0. The highest BCUT2D eigenvalue weighted by Gasteiger charge is 2.40. The summed E-state index contributed by atoms with van der Waals surface area (Å²) in [7, 11) is 0. The number of benzene rings is 1. The Morgan fingerprint density at radius 3 is 2.75 bits per heavy atom. The molecule has 0 unspecified atom stereocenters. The zero-order valence-electron chi connectivity index (χ0n) is 17.6. The number of ether oxygens (including phenoxy) is 1. The van der Waals surface area contributed by atoms with Gasteiger partial charge in [-0.05, 0) is 18.4 Å². The van der Waals surface area contributed by atoms with E-state index < -0.39 is 34.6 Å². The molecule has 3 heterocycles. The van der Waals surface area contributed by atoms with Crippen LogP contribution in [0.3, 0.4) is 0 Å². The number of nitrogens with one attached hydrogen (secondary N) is 1. The lowest BCUT2D eigenvalue weighted by atomic mass is 9.95. The van der Waals surface area contributed by atoms with Gasteiger partial charge in [-0.1, -0.05) is 19.9 Å². The van der Waals surface area contributed by atoms with Gasteiger partial charge in [-0.25, -0.2) is 8.78 Å². The fourth-order valence-corrected chi connectivity index (χ4v) is 4.09. The molecule has 1 saturated heterocycles. The summed E-state index contributed by atoms with van der Waals surface area (Å²) in [6, 6.07) is 2.73. The highest BCUT2D eigenvalue weighted by Crippen LogP contribution is 2.30. The summed E-state index contributed by atoms with van der Waals surface area (Å²) in [5.41, 5.74) is -1.53. The Morgan fingerprint density at radius 1 is 1.31 bits per heavy atom. The number of hydrogen-bond donors (Lipinski definition) is 2. The summed E-state index contributed by atoms with van der Waals surface area (Å²) in [5, 5.41) is 12.8. The molecule has 0 saturated carbocycles. The normalized spacial score (nSPS) is 20.2. The average Bonchev–Trinajstić information content (AvgIpc) is 2.75. The highest BCUT2D eigenvalue weighted by molar-refractivity contribution is 5.99. The van der Waals surface area contributed by atoms with Crippen molar-refractivity contribution in [1.29, 1.82) is 0 Å². The molecule has 2 aliphatic heterocycles. The first-order valence-corrected chi connectivity index (χ1v) is 10.3. The Labute approximate surface area is 182 Å². The van der Waals surface area contributed by atoms with E-state index in [0.29, 0.717) is 12.5 Å². The summed E-state index contributed by atoms with van der Waals surface area (Å²) in [6.07, 6.45) is 1.79. The molecule has 32 heavy (non-hydrogen) atoms. The number of nitrogens with zero attached hydrogens (tertiary/aromatic N) is 2. The van der Waals surface area contributed by atoms with Crippen LogP contribution in [-0.4, -0.2) is 45.3 Å². The molecular formula is C22H23F2N3O5. The van der Waals surface area contributed by atoms with Crippen LogP contribution in [0.5, 0.6) is 5.75 Å². The van der Waals surface area contributed by atoms with Crippen LogP contribution in [0, 0.1) is 17.6 Å². The van der Waals surface area contributed by atoms with Crippen molar-refractivity contribution < 1.29 is 28.2 Å². The third-order valence-electron chi connectivity index (χ3n) is 5.94. The number of carbonyl (C=O) groups excluding carboxylic acids is 2. The number of pyridine rings is 1. The molecule has 0 spiro atoms. The van der Waals surface area contributed by atoms with Crippen molar-refractivity contribution in [1.82, 2.24) is 14.8 Å². The molecule has 8 nitrogen and oxygen atoms in total. The predicted molar refractivity (Wildman–Crippen MR) is 109 cm³/mol. The van der Waals surface area contributed by atoms with Gasteiger partial charge in [0, 0.05) is 30.9 Å². The molecule has 0 aliphatic carbocycles. The number of halogens is 2. The molecule has 2 N–H and O–H groups in total. The Kier molecular flexibility index (Phi) is 5.72. The van der Waals surface area contributed by atoms with Gasteiger partial charge >= 0.3 is 0 Å². The Morgan fingerprint density at radius 2 is 2.06 bits per heavy atom. The lowest BCUT2D eigenvalue weighted by molar-refractivity contribution is -0.103. The van der Waals surface area contributed by atoms with Gasteiger partial charge in [0.2, 0.25) is 5.43 Å². The molecule has 2 aromatic rings. The van der Waals surface area contributed by atoms with Crippen molar-refractivity contribution in [3.05, 3.63) is 63.1 Å². The second-order valence-corrected chi connectivity index (χ2v) is 8.38. The molecule has 170 valence electrons. The molecule has 4 rings (SSSR count). The summed E-state index contributed by atoms with van der Waals surface area (Å²) in [5.74, 6) is -3.53. The zero-order chi connectivity index (χ0) is 23.2. The molecule has 2 aliphatic rings. The number of rotatable bonds is 4. The van der Waals surface area contributed by atoms with Crippen molar-refractivity contribution in [2.24, 2.45) is 5.92 Å². The van der Waals surface area contributed by atoms with Crippen molar-refractivity contribution in [3.63, 3.8) is 0 Å². The second-order valence-electron chi connectivity index (χ2n) is 8.38. The van der Waals surface area contributed by atoms with E-state index in [-0.39, 0.29) is 54.7 Å². The fraction of sp³-hybridized carbons (Fsp3) is 0.409. The average molecular weight is 447 g/mol. The van der Waals surface area contributed by atoms with Crippen LogP contribution in [0.25, 0.3) is 0 Å². The number of amides is 2. The third kappa shape index (κ3) is 3.86. The lowest BCUT2D eigenvalue weighted by Gasteiger charge is -2.44. The predicted octanol–water partition coefficient (Wildman–Crippen LogP) is 1.99. The van der Waals surface area contributed by atoms with Gasteiger partial charge < -0.3 is 24.6 Å². The van der Waals surface area contributed by atoms with Crippen LogP contribution in [-0.2, 0) is 17.8 Å². The maximum atomic E-state index is 13.8. The molecular weight excluding hydrogens is 424 g/mol. The van der Waals surface area contributed by atoms with Crippen molar-refractivity contribution in [2.45, 2.75) is 45.5 Å². The third-order valence-corrected chi connectivity index (χ3v) is 5.94. The number of aromatic hydroxyl groups is 1. The smallest absolute Gasteiger partial charge is 0.276 e. The van der Waals surface area contributed by atoms with E-state index in [9.17, 15) is 28.3 Å². The van der Waals surface area contributed by atoms with Gasteiger partial charge in [-0.2, -0.15) is 0 Å². The summed E-state index contributed by atoms with van der Waals surface area (Å²) in [6.45, 7) is 4.11. The van der Waals surface area contributed by atoms with Gasteiger partial charge in [0.25, 0.3) is 11.8 Å². The summed E-state index contributed by atoms with van der Waals surface area (Å²) >= 11 is 0. The minimum absolute atomic E-state index is 0.0352. The van der Waals surface area contributed by atoms with Crippen LogP contribution in [0.2, 0.25) is 0 Å². The van der Waals surface area contributed by atoms with Crippen LogP contribution < -0.4 is 10.7 Å². The van der Waals surface area contributed by atoms with Gasteiger partial charge in [0.1, 0.15) is 23.9 Å². The minimum Gasteiger partial charge on any atom is -0.503 e. The molecule has 10 heteroatoms. The Balaban J connectivity index is 1.60. The van der Waals surface area contributed by atoms with E-state index in [1.807, 2.05) is 13.8 Å². The van der Waals surface area contributed by atoms with E-state index in [1.165, 1.54) is 21.7 Å². The summed E-state index contributed by atoms with van der Waals surface area (Å²) in [4.78, 5) is 39.6. The lowest BCUT2D eigenvalue weighted by Crippen LogP contribution is -2.55. The molecule has 1 aromatic heterocycles. The maximum absolute atomic E-state index is 13.8. The molecule has 0 bridgehead atoms. The van der Waals surface area contributed by atoms with E-state index in [4.69, 9.17) is 4.74 Å². The van der Waals surface area contributed by atoms with Gasteiger partial charge in [0.05, 0.1) is 12.1 Å². The molecule has 2 atom stereocenters. The number of fused-ring (bicyclic) bond motifs is 2. The SMILES string of the molecule is CC(C)[C@H]1C[C@@H]2Cn3cc(C(=O)NCc4ccc(F)cc4F)c(=O)c(O)c3C(=O)N2CO1. The van der Waals surface area contributed by atoms with Crippen LogP contribution in [0.15, 0.2) is 29.2 Å². The quantitative estimate of drug-likeness (QED) is 0.747. The fourth-order valence-electron chi connectivity index (χ4n) is 4.09. The number of carbonyl (C=O) groups is 2. The standard InChI is InChI=1S/C22H23F2N3O5/c1-11(2)17-6-14-8-26-9-15(19(28)20(29)18(26)22(31)27(14)10-32-17)21(30)25-7-12-3-4-13(23)5-16(12)24/h3-5,9,11,14,17,29H,6-8,10H2,1-2H3,(H,25,30)/t14-,17-/m1/s1. The van der Waals surface area contributed by atoms with Crippen LogP contribution >= 0.6 is 0 Å². The first kappa shape index (κ1) is 21.9. The maximum Gasteiger partial charge on any atom is 0.276 e. The monoisotopic (exact) mass is 447 g/mol. The molecule has 1 aromatic carbocycles. The second kappa shape index (κ2) is 8.34. The van der Waals surface area contributed by atoms with E-state index in [1.54, 1.807) is 0 Å². The van der Waals surface area contributed by atoms with Crippen LogP contribution in [0.1, 0.15) is 46.7 Å². The van der Waals surface area contributed by atoms with Gasteiger partial charge in [-0.15, -0.1) is 0 Å². The number of hydrogen-bond acceptors (Lipinski definition) is 5. The van der Waals surface area contributed by atoms with E-state index in [2.05, 4.69) is 5.32 Å². The minimum atomic E-state index is -1.00. The van der Waals surface area contributed by atoms with Crippen molar-refractivity contribution >= 4 is 11.8 Å². The molecule has 2 amide bonds. The zero-order valence-corrected chi connectivity index (χ0v) is 17.6. The van der Waals surface area contributed by atoms with Crippen molar-refractivity contribution in [2.75, 3.05) is 6.73 Å². The first-order valence-electron chi connectivity index (χ1n) is 10.3. The van der Waals surface area contributed by atoms with Crippen LogP contribution in [0.4, 0.5) is 8.78 Å². The Hall–Kier alpha value is -3.27. The number of aromatic nitrogens is 1. The topological polar surface area (TPSA) is 101 Å². The molecule has 0 radical (unpaired) electrons. The highest BCUT2D eigenvalue weighted by atomic mass is 19.1. The van der Waals surface area contributed by atoms with E-state index >= 15 is 0 Å². The van der Waals surface area contributed by atoms with E-state index in [0.717, 1.165) is 6.07 Å². The Bertz CT molecular complexity index is 1150. The van der Waals surface area contributed by atoms with Gasteiger partial charge in [-0.3, -0.25) is 14.4 Å². The van der Waals surface area contributed by atoms with Gasteiger partial charge in [0.15, 0.2) is 11.4 Å². The largest absolute Gasteiger partial charge is 0.503 e.